The van der Waals surface area contributed by atoms with Crippen LogP contribution in [0.1, 0.15) is 17.5 Å². The van der Waals surface area contributed by atoms with Gasteiger partial charge in [0.2, 0.25) is 0 Å². The lowest BCUT2D eigenvalue weighted by atomic mass is 10.4. The molecule has 2 aromatic heterocycles. The zero-order chi connectivity index (χ0) is 11.4. The Bertz CT molecular complexity index is 447. The van der Waals surface area contributed by atoms with Crippen molar-refractivity contribution in [3.05, 3.63) is 44.8 Å². The molecule has 4 heteroatoms. The quantitative estimate of drug-likeness (QED) is 0.892. The van der Waals surface area contributed by atoms with Gasteiger partial charge >= 0.3 is 0 Å². The molecule has 0 atom stereocenters. The van der Waals surface area contributed by atoms with Gasteiger partial charge in [0.05, 0.1) is 0 Å². The van der Waals surface area contributed by atoms with Gasteiger partial charge in [-0.1, -0.05) is 0 Å². The Morgan fingerprint density at radius 1 is 1.44 bits per heavy atom. The predicted molar refractivity (Wildman–Crippen MR) is 72.7 cm³/mol. The van der Waals surface area contributed by atoms with Gasteiger partial charge in [-0.3, -0.25) is 0 Å². The topological polar surface area (TPSA) is 17.0 Å². The lowest BCUT2D eigenvalue weighted by Crippen LogP contribution is -2.14. The molecule has 2 heterocycles. The Labute approximate surface area is 108 Å². The number of hydrogen-bond acceptors (Lipinski definition) is 2. The van der Waals surface area contributed by atoms with Crippen LogP contribution in [0.2, 0.25) is 0 Å². The number of aryl methyl sites for hydroxylation is 1. The molecule has 0 saturated heterocycles. The highest BCUT2D eigenvalue weighted by Crippen LogP contribution is 2.19. The van der Waals surface area contributed by atoms with Crippen LogP contribution >= 0.6 is 27.3 Å². The number of rotatable bonds is 5. The average molecular weight is 299 g/mol. The monoisotopic (exact) mass is 298 g/mol. The molecule has 0 saturated carbocycles. The maximum absolute atomic E-state index is 3.46. The molecule has 0 radical (unpaired) electrons. The van der Waals surface area contributed by atoms with E-state index in [1.807, 2.05) is 0 Å². The van der Waals surface area contributed by atoms with E-state index in [4.69, 9.17) is 0 Å². The Morgan fingerprint density at radius 3 is 3.00 bits per heavy atom. The number of nitrogens with zero attached hydrogens (tertiary/aromatic N) is 1. The molecule has 0 fully saturated rings. The van der Waals surface area contributed by atoms with E-state index in [-0.39, 0.29) is 0 Å². The van der Waals surface area contributed by atoms with Crippen molar-refractivity contribution in [1.82, 2.24) is 9.88 Å². The standard InChI is InChI=1S/C12H15BrN2S/c1-2-15-5-3-4-11(15)7-14-8-12-6-10(13)9-16-12/h3-6,9,14H,2,7-8H2,1H3. The molecular weight excluding hydrogens is 284 g/mol. The largest absolute Gasteiger partial charge is 0.351 e. The summed E-state index contributed by atoms with van der Waals surface area (Å²) < 4.78 is 3.43. The summed E-state index contributed by atoms with van der Waals surface area (Å²) in [5.74, 6) is 0. The highest BCUT2D eigenvalue weighted by molar-refractivity contribution is 9.10. The van der Waals surface area contributed by atoms with Crippen molar-refractivity contribution < 1.29 is 0 Å². The second-order valence-electron chi connectivity index (χ2n) is 3.62. The average Bonchev–Trinajstić information content (AvgIpc) is 2.87. The SMILES string of the molecule is CCn1cccc1CNCc1cc(Br)cs1. The van der Waals surface area contributed by atoms with Gasteiger partial charge in [-0.15, -0.1) is 11.3 Å². The lowest BCUT2D eigenvalue weighted by molar-refractivity contribution is 0.632. The Hall–Kier alpha value is -0.580. The van der Waals surface area contributed by atoms with Crippen LogP contribution in [0.5, 0.6) is 0 Å². The van der Waals surface area contributed by atoms with Gasteiger partial charge in [-0.2, -0.15) is 0 Å². The fourth-order valence-electron chi connectivity index (χ4n) is 1.68. The van der Waals surface area contributed by atoms with E-state index < -0.39 is 0 Å². The fourth-order valence-corrected chi connectivity index (χ4v) is 3.10. The molecule has 0 spiro atoms. The molecule has 0 aromatic carbocycles. The maximum atomic E-state index is 3.46. The Balaban J connectivity index is 1.84. The van der Waals surface area contributed by atoms with Crippen molar-refractivity contribution >= 4 is 27.3 Å². The zero-order valence-electron chi connectivity index (χ0n) is 9.24. The molecule has 0 amide bonds. The van der Waals surface area contributed by atoms with Gasteiger partial charge in [-0.05, 0) is 41.1 Å². The minimum atomic E-state index is 0.927. The van der Waals surface area contributed by atoms with Crippen LogP contribution in [0.4, 0.5) is 0 Å². The number of nitrogens with one attached hydrogen (secondary N) is 1. The molecule has 0 aliphatic heterocycles. The molecule has 16 heavy (non-hydrogen) atoms. The van der Waals surface area contributed by atoms with Crippen LogP contribution in [0, 0.1) is 0 Å². The molecule has 2 nitrogen and oxygen atoms in total. The van der Waals surface area contributed by atoms with Gasteiger partial charge < -0.3 is 9.88 Å². The third-order valence-corrected chi connectivity index (χ3v) is 4.19. The molecule has 2 rings (SSSR count). The van der Waals surface area contributed by atoms with E-state index in [2.05, 4.69) is 62.5 Å². The van der Waals surface area contributed by atoms with Crippen LogP contribution in [0.3, 0.4) is 0 Å². The van der Waals surface area contributed by atoms with Crippen molar-refractivity contribution in [3.63, 3.8) is 0 Å². The van der Waals surface area contributed by atoms with E-state index >= 15 is 0 Å². The summed E-state index contributed by atoms with van der Waals surface area (Å²) in [6, 6.07) is 6.43. The summed E-state index contributed by atoms with van der Waals surface area (Å²) in [7, 11) is 0. The second-order valence-corrected chi connectivity index (χ2v) is 5.53. The summed E-state index contributed by atoms with van der Waals surface area (Å²) in [5.41, 5.74) is 1.35. The first kappa shape index (κ1) is 11.9. The highest BCUT2D eigenvalue weighted by atomic mass is 79.9. The third kappa shape index (κ3) is 2.97. The fraction of sp³-hybridized carbons (Fsp3) is 0.333. The number of thiophene rings is 1. The molecular formula is C12H15BrN2S. The minimum absolute atomic E-state index is 0.927. The molecule has 1 N–H and O–H groups in total. The van der Waals surface area contributed by atoms with Crippen molar-refractivity contribution in [2.45, 2.75) is 26.6 Å². The van der Waals surface area contributed by atoms with Crippen molar-refractivity contribution in [1.29, 1.82) is 0 Å². The minimum Gasteiger partial charge on any atom is -0.351 e. The van der Waals surface area contributed by atoms with Crippen LogP contribution in [0.15, 0.2) is 34.2 Å². The van der Waals surface area contributed by atoms with Crippen LogP contribution in [0.25, 0.3) is 0 Å². The Morgan fingerprint density at radius 2 is 2.31 bits per heavy atom. The summed E-state index contributed by atoms with van der Waals surface area (Å²) in [6.45, 7) is 5.07. The molecule has 2 aromatic rings. The zero-order valence-corrected chi connectivity index (χ0v) is 11.6. The van der Waals surface area contributed by atoms with E-state index in [1.165, 1.54) is 15.0 Å². The maximum Gasteiger partial charge on any atom is 0.0362 e. The van der Waals surface area contributed by atoms with E-state index in [0.29, 0.717) is 0 Å². The van der Waals surface area contributed by atoms with Crippen molar-refractivity contribution in [3.8, 4) is 0 Å². The molecule has 0 aliphatic rings. The third-order valence-electron chi connectivity index (χ3n) is 2.49. The Kier molecular flexibility index (Phi) is 4.21. The van der Waals surface area contributed by atoms with Crippen molar-refractivity contribution in [2.24, 2.45) is 0 Å². The molecule has 0 bridgehead atoms. The van der Waals surface area contributed by atoms with Crippen LogP contribution in [-0.2, 0) is 19.6 Å². The van der Waals surface area contributed by atoms with Gasteiger partial charge in [0, 0.05) is 46.3 Å². The van der Waals surface area contributed by atoms with Crippen LogP contribution in [-0.4, -0.2) is 4.57 Å². The number of hydrogen-bond donors (Lipinski definition) is 1. The first-order chi connectivity index (χ1) is 7.79. The summed E-state index contributed by atoms with van der Waals surface area (Å²) in [6.07, 6.45) is 2.12. The van der Waals surface area contributed by atoms with E-state index in [0.717, 1.165) is 19.6 Å². The first-order valence-corrected chi connectivity index (χ1v) is 7.04. The van der Waals surface area contributed by atoms with Gasteiger partial charge in [0.1, 0.15) is 0 Å². The van der Waals surface area contributed by atoms with Crippen LogP contribution < -0.4 is 5.32 Å². The van der Waals surface area contributed by atoms with Gasteiger partial charge in [0.15, 0.2) is 0 Å². The van der Waals surface area contributed by atoms with E-state index in [1.54, 1.807) is 11.3 Å². The van der Waals surface area contributed by atoms with Crippen molar-refractivity contribution in [2.75, 3.05) is 0 Å². The summed E-state index contributed by atoms with van der Waals surface area (Å²) in [5, 5.41) is 5.58. The summed E-state index contributed by atoms with van der Waals surface area (Å²) in [4.78, 5) is 1.36. The smallest absolute Gasteiger partial charge is 0.0362 e. The highest BCUT2D eigenvalue weighted by Gasteiger charge is 2.00. The molecule has 0 unspecified atom stereocenters. The lowest BCUT2D eigenvalue weighted by Gasteiger charge is -2.07. The predicted octanol–water partition coefficient (Wildman–Crippen LogP) is 3.62. The van der Waals surface area contributed by atoms with Gasteiger partial charge in [-0.25, -0.2) is 0 Å². The molecule has 86 valence electrons. The normalized spacial score (nSPS) is 10.9. The number of aromatic nitrogens is 1. The first-order valence-electron chi connectivity index (χ1n) is 5.37. The number of halogens is 1. The molecule has 0 aliphatic carbocycles. The van der Waals surface area contributed by atoms with Gasteiger partial charge in [0.25, 0.3) is 0 Å². The second kappa shape index (κ2) is 5.66. The van der Waals surface area contributed by atoms with E-state index in [9.17, 15) is 0 Å². The summed E-state index contributed by atoms with van der Waals surface area (Å²) >= 11 is 5.24.